The first-order valence-electron chi connectivity index (χ1n) is 5.33. The standard InChI is InChI=1S/C12H11Cl2N3O3/c13-7-2-3-8(14)6(5-7)1-4-9(18)17-10(11(15)19)12(16)20/h1-5,10H,(H2,15,19)(H2,16,20)(H,17,18)/b4-1+. The van der Waals surface area contributed by atoms with Gasteiger partial charge in [-0.25, -0.2) is 0 Å². The maximum absolute atomic E-state index is 11.5. The Morgan fingerprint density at radius 1 is 1.15 bits per heavy atom. The molecule has 5 N–H and O–H groups in total. The number of nitrogens with two attached hydrogens (primary N) is 2. The minimum atomic E-state index is -1.57. The van der Waals surface area contributed by atoms with Crippen molar-refractivity contribution in [3.63, 3.8) is 0 Å². The predicted octanol–water partition coefficient (Wildman–Crippen LogP) is 0.462. The Bertz CT molecular complexity index is 573. The van der Waals surface area contributed by atoms with E-state index in [1.165, 1.54) is 6.08 Å². The zero-order chi connectivity index (χ0) is 15.3. The van der Waals surface area contributed by atoms with Gasteiger partial charge in [0, 0.05) is 16.1 Å². The molecule has 3 amide bonds. The van der Waals surface area contributed by atoms with Crippen molar-refractivity contribution in [2.75, 3.05) is 0 Å². The summed E-state index contributed by atoms with van der Waals surface area (Å²) in [4.78, 5) is 33.3. The van der Waals surface area contributed by atoms with Gasteiger partial charge in [-0.05, 0) is 29.8 Å². The fraction of sp³-hybridized carbons (Fsp3) is 0.0833. The first-order chi connectivity index (χ1) is 9.31. The molecule has 0 heterocycles. The number of carbonyl (C=O) groups is 3. The van der Waals surface area contributed by atoms with Crippen molar-refractivity contribution in [3.8, 4) is 0 Å². The van der Waals surface area contributed by atoms with E-state index in [9.17, 15) is 14.4 Å². The Morgan fingerprint density at radius 2 is 1.75 bits per heavy atom. The van der Waals surface area contributed by atoms with Crippen LogP contribution in [0.4, 0.5) is 0 Å². The molecule has 0 atom stereocenters. The van der Waals surface area contributed by atoms with Crippen molar-refractivity contribution in [2.24, 2.45) is 11.5 Å². The smallest absolute Gasteiger partial charge is 0.249 e. The van der Waals surface area contributed by atoms with Gasteiger partial charge < -0.3 is 16.8 Å². The second kappa shape index (κ2) is 6.93. The molecule has 1 rings (SSSR count). The lowest BCUT2D eigenvalue weighted by molar-refractivity contribution is -0.132. The molecule has 0 aliphatic rings. The number of rotatable bonds is 5. The molecule has 8 heteroatoms. The molecule has 0 saturated carbocycles. The molecule has 20 heavy (non-hydrogen) atoms. The molecular formula is C12H11Cl2N3O3. The number of halogens is 2. The average molecular weight is 316 g/mol. The summed E-state index contributed by atoms with van der Waals surface area (Å²) in [6.45, 7) is 0. The van der Waals surface area contributed by atoms with E-state index >= 15 is 0 Å². The minimum Gasteiger partial charge on any atom is -0.367 e. The van der Waals surface area contributed by atoms with Crippen molar-refractivity contribution in [3.05, 3.63) is 39.9 Å². The number of amides is 3. The Labute approximate surface area is 124 Å². The lowest BCUT2D eigenvalue weighted by Crippen LogP contribution is -2.52. The topological polar surface area (TPSA) is 115 Å². The van der Waals surface area contributed by atoms with Crippen LogP contribution in [0.25, 0.3) is 6.08 Å². The largest absolute Gasteiger partial charge is 0.367 e. The maximum atomic E-state index is 11.5. The van der Waals surface area contributed by atoms with Crippen LogP contribution in [0.1, 0.15) is 5.56 Å². The van der Waals surface area contributed by atoms with Crippen LogP contribution in [-0.4, -0.2) is 23.8 Å². The van der Waals surface area contributed by atoms with Crippen molar-refractivity contribution < 1.29 is 14.4 Å². The molecule has 106 valence electrons. The third-order valence-corrected chi connectivity index (χ3v) is 2.81. The molecule has 0 bridgehead atoms. The van der Waals surface area contributed by atoms with Crippen LogP contribution in [0.5, 0.6) is 0 Å². The third-order valence-electron chi connectivity index (χ3n) is 2.23. The van der Waals surface area contributed by atoms with E-state index in [0.29, 0.717) is 15.6 Å². The van der Waals surface area contributed by atoms with E-state index in [-0.39, 0.29) is 0 Å². The van der Waals surface area contributed by atoms with Gasteiger partial charge in [0.1, 0.15) is 0 Å². The Kier molecular flexibility index (Phi) is 5.54. The van der Waals surface area contributed by atoms with Crippen LogP contribution >= 0.6 is 23.2 Å². The van der Waals surface area contributed by atoms with E-state index < -0.39 is 23.8 Å². The van der Waals surface area contributed by atoms with Crippen LogP contribution in [-0.2, 0) is 14.4 Å². The number of benzene rings is 1. The fourth-order valence-electron chi connectivity index (χ4n) is 1.28. The zero-order valence-corrected chi connectivity index (χ0v) is 11.6. The normalized spacial score (nSPS) is 10.8. The highest BCUT2D eigenvalue weighted by molar-refractivity contribution is 6.34. The van der Waals surface area contributed by atoms with E-state index in [1.807, 2.05) is 0 Å². The van der Waals surface area contributed by atoms with Gasteiger partial charge in [-0.15, -0.1) is 0 Å². The highest BCUT2D eigenvalue weighted by atomic mass is 35.5. The maximum Gasteiger partial charge on any atom is 0.249 e. The van der Waals surface area contributed by atoms with Gasteiger partial charge >= 0.3 is 0 Å². The van der Waals surface area contributed by atoms with Crippen LogP contribution in [0.3, 0.4) is 0 Å². The molecule has 6 nitrogen and oxygen atoms in total. The van der Waals surface area contributed by atoms with Gasteiger partial charge in [-0.1, -0.05) is 23.2 Å². The molecule has 0 saturated heterocycles. The second-order valence-electron chi connectivity index (χ2n) is 3.75. The van der Waals surface area contributed by atoms with Gasteiger partial charge in [-0.3, -0.25) is 14.4 Å². The van der Waals surface area contributed by atoms with Gasteiger partial charge in [0.2, 0.25) is 17.7 Å². The number of primary amides is 2. The summed E-state index contributed by atoms with van der Waals surface area (Å²) in [7, 11) is 0. The first-order valence-corrected chi connectivity index (χ1v) is 6.09. The van der Waals surface area contributed by atoms with Gasteiger partial charge in [0.25, 0.3) is 0 Å². The highest BCUT2D eigenvalue weighted by Crippen LogP contribution is 2.21. The zero-order valence-electron chi connectivity index (χ0n) is 10.1. The molecule has 0 spiro atoms. The quantitative estimate of drug-likeness (QED) is 0.541. The fourth-order valence-corrected chi connectivity index (χ4v) is 1.64. The Morgan fingerprint density at radius 3 is 2.30 bits per heavy atom. The molecule has 0 radical (unpaired) electrons. The van der Waals surface area contributed by atoms with Crippen LogP contribution < -0.4 is 16.8 Å². The molecule has 0 aromatic heterocycles. The second-order valence-corrected chi connectivity index (χ2v) is 4.59. The SMILES string of the molecule is NC(=O)C(NC(=O)/C=C/c1cc(Cl)ccc1Cl)C(N)=O. The van der Waals surface area contributed by atoms with Crippen LogP contribution in [0.15, 0.2) is 24.3 Å². The third kappa shape index (κ3) is 4.56. The first kappa shape index (κ1) is 16.0. The summed E-state index contributed by atoms with van der Waals surface area (Å²) in [6, 6.07) is 3.14. The van der Waals surface area contributed by atoms with Crippen molar-refractivity contribution in [1.29, 1.82) is 0 Å². The van der Waals surface area contributed by atoms with Gasteiger partial charge in [-0.2, -0.15) is 0 Å². The molecule has 0 aliphatic carbocycles. The van der Waals surface area contributed by atoms with Crippen molar-refractivity contribution in [2.45, 2.75) is 6.04 Å². The summed E-state index contributed by atoms with van der Waals surface area (Å²) >= 11 is 11.7. The number of hydrogen-bond donors (Lipinski definition) is 3. The molecule has 1 aromatic carbocycles. The molecular weight excluding hydrogens is 305 g/mol. The van der Waals surface area contributed by atoms with Crippen LogP contribution in [0, 0.1) is 0 Å². The number of carbonyl (C=O) groups excluding carboxylic acids is 3. The summed E-state index contributed by atoms with van der Waals surface area (Å²) in [5.74, 6) is -2.80. The summed E-state index contributed by atoms with van der Waals surface area (Å²) in [5.41, 5.74) is 10.3. The lowest BCUT2D eigenvalue weighted by Gasteiger charge is -2.09. The summed E-state index contributed by atoms with van der Waals surface area (Å²) in [6.07, 6.45) is 2.46. The van der Waals surface area contributed by atoms with E-state index in [1.54, 1.807) is 18.2 Å². The predicted molar refractivity (Wildman–Crippen MR) is 75.8 cm³/mol. The van der Waals surface area contributed by atoms with Crippen molar-refractivity contribution >= 4 is 47.0 Å². The molecule has 0 aliphatic heterocycles. The van der Waals surface area contributed by atoms with E-state index in [2.05, 4.69) is 5.32 Å². The lowest BCUT2D eigenvalue weighted by atomic mass is 10.2. The minimum absolute atomic E-state index is 0.389. The van der Waals surface area contributed by atoms with E-state index in [4.69, 9.17) is 34.7 Å². The van der Waals surface area contributed by atoms with Crippen molar-refractivity contribution in [1.82, 2.24) is 5.32 Å². The highest BCUT2D eigenvalue weighted by Gasteiger charge is 2.22. The van der Waals surface area contributed by atoms with Gasteiger partial charge in [0.15, 0.2) is 6.04 Å². The van der Waals surface area contributed by atoms with E-state index in [0.717, 1.165) is 6.08 Å². The molecule has 0 unspecified atom stereocenters. The Hall–Kier alpha value is -2.05. The summed E-state index contributed by atoms with van der Waals surface area (Å²) in [5, 5.41) is 2.90. The Balaban J connectivity index is 2.80. The average Bonchev–Trinajstić information content (AvgIpc) is 2.36. The molecule has 0 fully saturated rings. The monoisotopic (exact) mass is 315 g/mol. The van der Waals surface area contributed by atoms with Crippen LogP contribution in [0.2, 0.25) is 10.0 Å². The summed E-state index contributed by atoms with van der Waals surface area (Å²) < 4.78 is 0. The number of nitrogens with one attached hydrogen (secondary N) is 1. The van der Waals surface area contributed by atoms with Gasteiger partial charge in [0.05, 0.1) is 0 Å². The molecule has 1 aromatic rings. The number of hydrogen-bond acceptors (Lipinski definition) is 3.